The number of amides is 1. The molecule has 8 nitrogen and oxygen atoms in total. The zero-order valence-electron chi connectivity index (χ0n) is 22.4. The number of nitrogens with one attached hydrogen (secondary N) is 2. The summed E-state index contributed by atoms with van der Waals surface area (Å²) >= 11 is 0. The van der Waals surface area contributed by atoms with Crippen LogP contribution in [0, 0.1) is 0 Å². The third-order valence-corrected chi connectivity index (χ3v) is 7.83. The van der Waals surface area contributed by atoms with E-state index in [2.05, 4.69) is 37.4 Å². The third kappa shape index (κ3) is 6.52. The van der Waals surface area contributed by atoms with Gasteiger partial charge in [0.05, 0.1) is 18.1 Å². The number of hydrogen-bond donors (Lipinski definition) is 3. The van der Waals surface area contributed by atoms with E-state index in [1.54, 1.807) is 18.3 Å². The number of aromatic nitrogens is 3. The van der Waals surface area contributed by atoms with Gasteiger partial charge in [-0.15, -0.1) is 0 Å². The van der Waals surface area contributed by atoms with Crippen molar-refractivity contribution in [3.8, 4) is 11.1 Å². The number of halogens is 3. The lowest BCUT2D eigenvalue weighted by molar-refractivity contribution is -0.145. The highest BCUT2D eigenvalue weighted by atomic mass is 19.4. The number of alkyl halides is 3. The molecule has 1 aromatic carbocycles. The average molecular weight is 554 g/mol. The molecule has 1 amide bonds. The van der Waals surface area contributed by atoms with E-state index in [-0.39, 0.29) is 17.6 Å². The number of nitrogens with two attached hydrogens (primary N) is 1. The third-order valence-electron chi connectivity index (χ3n) is 7.83. The quantitative estimate of drug-likeness (QED) is 0.377. The first-order valence-corrected chi connectivity index (χ1v) is 13.6. The van der Waals surface area contributed by atoms with Crippen LogP contribution in [-0.4, -0.2) is 51.6 Å². The summed E-state index contributed by atoms with van der Waals surface area (Å²) in [6, 6.07) is 11.5. The number of pyridine rings is 1. The van der Waals surface area contributed by atoms with E-state index in [9.17, 15) is 18.0 Å². The first-order chi connectivity index (χ1) is 19.1. The highest BCUT2D eigenvalue weighted by molar-refractivity contribution is 5.94. The Morgan fingerprint density at radius 1 is 1.02 bits per heavy atom. The van der Waals surface area contributed by atoms with Crippen molar-refractivity contribution in [2.45, 2.75) is 69.2 Å². The van der Waals surface area contributed by atoms with E-state index in [1.165, 1.54) is 12.4 Å². The smallest absolute Gasteiger partial charge is 0.367 e. The second-order valence-corrected chi connectivity index (χ2v) is 11.0. The maximum atomic E-state index is 12.9. The molecule has 4 N–H and O–H groups in total. The van der Waals surface area contributed by atoms with Crippen molar-refractivity contribution in [2.24, 2.45) is 5.73 Å². The molecule has 1 saturated carbocycles. The minimum atomic E-state index is -4.55. The molecule has 2 fully saturated rings. The molecule has 212 valence electrons. The number of carbonyl (C=O) groups excluding carboxylic acids is 1. The molecule has 1 saturated heterocycles. The molecular formula is C29H34F3N7O. The summed E-state index contributed by atoms with van der Waals surface area (Å²) < 4.78 is 38.7. The molecule has 0 bridgehead atoms. The Morgan fingerprint density at radius 3 is 2.48 bits per heavy atom. The number of piperidine rings is 1. The van der Waals surface area contributed by atoms with Crippen LogP contribution in [-0.2, 0) is 6.18 Å². The fraction of sp³-hybridized carbons (Fsp3) is 0.448. The number of carbonyl (C=O) groups is 1. The minimum Gasteiger partial charge on any atom is -0.367 e. The van der Waals surface area contributed by atoms with Gasteiger partial charge < -0.3 is 21.3 Å². The molecule has 0 spiro atoms. The predicted molar refractivity (Wildman–Crippen MR) is 148 cm³/mol. The van der Waals surface area contributed by atoms with Crippen molar-refractivity contribution >= 4 is 17.4 Å². The summed E-state index contributed by atoms with van der Waals surface area (Å²) in [5, 5.41) is 7.55. The predicted octanol–water partition coefficient (Wildman–Crippen LogP) is 5.03. The molecule has 3 aromatic rings. The van der Waals surface area contributed by atoms with Gasteiger partial charge in [-0.05, 0) is 68.0 Å². The fourth-order valence-electron chi connectivity index (χ4n) is 5.86. The van der Waals surface area contributed by atoms with Crippen molar-refractivity contribution in [1.82, 2.24) is 20.3 Å². The number of primary amides is 1. The molecular weight excluding hydrogens is 519 g/mol. The Labute approximate surface area is 231 Å². The lowest BCUT2D eigenvalue weighted by atomic mass is 9.84. The second-order valence-electron chi connectivity index (χ2n) is 11.0. The molecule has 0 unspecified atom stereocenters. The van der Waals surface area contributed by atoms with E-state index in [0.29, 0.717) is 17.8 Å². The molecule has 0 radical (unpaired) electrons. The van der Waals surface area contributed by atoms with Gasteiger partial charge in [-0.2, -0.15) is 13.2 Å². The van der Waals surface area contributed by atoms with E-state index in [4.69, 9.17) is 5.73 Å². The van der Waals surface area contributed by atoms with Gasteiger partial charge in [0.1, 0.15) is 5.82 Å². The van der Waals surface area contributed by atoms with Crippen LogP contribution in [0.1, 0.15) is 61.6 Å². The number of anilines is 2. The van der Waals surface area contributed by atoms with Crippen molar-refractivity contribution in [3.63, 3.8) is 0 Å². The van der Waals surface area contributed by atoms with Crippen LogP contribution in [0.3, 0.4) is 0 Å². The monoisotopic (exact) mass is 553 g/mol. The number of nitrogens with zero attached hydrogens (tertiary/aromatic N) is 4. The van der Waals surface area contributed by atoms with Crippen LogP contribution < -0.4 is 21.3 Å². The van der Waals surface area contributed by atoms with E-state index in [1.807, 2.05) is 24.3 Å². The first kappa shape index (κ1) is 27.8. The SMILES string of the molecule is C[C@]1(N[C@H]2CCCC[C@@H]2Nc2cc(-c3cccc(C(N)=O)c3)ccn2)CCCN(c2cnc(C(F)(F)F)nc2)C1. The van der Waals surface area contributed by atoms with E-state index >= 15 is 0 Å². The summed E-state index contributed by atoms with van der Waals surface area (Å²) in [5.74, 6) is -0.826. The van der Waals surface area contributed by atoms with Crippen LogP contribution in [0.5, 0.6) is 0 Å². The van der Waals surface area contributed by atoms with Crippen LogP contribution in [0.4, 0.5) is 24.7 Å². The summed E-state index contributed by atoms with van der Waals surface area (Å²) in [6.07, 6.45) is 5.84. The highest BCUT2D eigenvalue weighted by Crippen LogP contribution is 2.31. The number of benzene rings is 1. The van der Waals surface area contributed by atoms with Crippen LogP contribution in [0.15, 0.2) is 55.0 Å². The molecule has 1 aliphatic heterocycles. The van der Waals surface area contributed by atoms with Gasteiger partial charge >= 0.3 is 6.18 Å². The lowest BCUT2D eigenvalue weighted by Crippen LogP contribution is -2.61. The van der Waals surface area contributed by atoms with Gasteiger partial charge in [-0.1, -0.05) is 25.0 Å². The molecule has 3 heterocycles. The number of hydrogen-bond acceptors (Lipinski definition) is 7. The Balaban J connectivity index is 1.28. The molecule has 3 atom stereocenters. The van der Waals surface area contributed by atoms with Crippen LogP contribution >= 0.6 is 0 Å². The Hall–Kier alpha value is -3.73. The lowest BCUT2D eigenvalue weighted by Gasteiger charge is -2.46. The summed E-state index contributed by atoms with van der Waals surface area (Å²) in [6.45, 7) is 3.57. The molecule has 2 aliphatic rings. The largest absolute Gasteiger partial charge is 0.451 e. The summed E-state index contributed by atoms with van der Waals surface area (Å²) in [7, 11) is 0. The van der Waals surface area contributed by atoms with Crippen molar-refractivity contribution < 1.29 is 18.0 Å². The molecule has 40 heavy (non-hydrogen) atoms. The molecule has 11 heteroatoms. The minimum absolute atomic E-state index is 0.162. The summed E-state index contributed by atoms with van der Waals surface area (Å²) in [4.78, 5) is 25.4. The van der Waals surface area contributed by atoms with Gasteiger partial charge in [0.25, 0.3) is 0 Å². The van der Waals surface area contributed by atoms with E-state index in [0.717, 1.165) is 62.0 Å². The second kappa shape index (κ2) is 11.4. The standard InChI is InChI=1S/C29H34F3N7O/c1-28(11-5-13-39(18-28)22-16-35-27(36-17-22)29(30,31)32)38-24-9-3-2-8-23(24)37-25-15-20(10-12-34-25)19-6-4-7-21(14-19)26(33)40/h4,6-7,10,12,14-17,23-24,38H,2-3,5,8-9,11,13,18H2,1H3,(H2,33,40)(H,34,37)/t23-,24-,28-/m0/s1. The van der Waals surface area contributed by atoms with Crippen LogP contribution in [0.2, 0.25) is 0 Å². The zero-order chi connectivity index (χ0) is 28.3. The van der Waals surface area contributed by atoms with Gasteiger partial charge in [-0.3, -0.25) is 4.79 Å². The van der Waals surface area contributed by atoms with Gasteiger partial charge in [-0.25, -0.2) is 15.0 Å². The van der Waals surface area contributed by atoms with Gasteiger partial charge in [0.15, 0.2) is 0 Å². The molecule has 2 aromatic heterocycles. The first-order valence-electron chi connectivity index (χ1n) is 13.6. The Bertz CT molecular complexity index is 1330. The topological polar surface area (TPSA) is 109 Å². The van der Waals surface area contributed by atoms with Crippen molar-refractivity contribution in [2.75, 3.05) is 23.3 Å². The maximum Gasteiger partial charge on any atom is 0.451 e. The van der Waals surface area contributed by atoms with Gasteiger partial charge in [0.2, 0.25) is 11.7 Å². The average Bonchev–Trinajstić information content (AvgIpc) is 2.94. The summed E-state index contributed by atoms with van der Waals surface area (Å²) in [5.41, 5.74) is 8.12. The van der Waals surface area contributed by atoms with Gasteiger partial charge in [0, 0.05) is 42.5 Å². The van der Waals surface area contributed by atoms with E-state index < -0.39 is 17.9 Å². The highest BCUT2D eigenvalue weighted by Gasteiger charge is 2.37. The normalized spacial score (nSPS) is 23.6. The van der Waals surface area contributed by atoms with Crippen molar-refractivity contribution in [3.05, 3.63) is 66.4 Å². The van der Waals surface area contributed by atoms with Crippen LogP contribution in [0.25, 0.3) is 11.1 Å². The Kier molecular flexibility index (Phi) is 7.93. The Morgan fingerprint density at radius 2 is 1.75 bits per heavy atom. The number of rotatable bonds is 7. The molecule has 1 aliphatic carbocycles. The zero-order valence-corrected chi connectivity index (χ0v) is 22.4. The fourth-order valence-corrected chi connectivity index (χ4v) is 5.86. The molecule has 5 rings (SSSR count). The van der Waals surface area contributed by atoms with Crippen molar-refractivity contribution in [1.29, 1.82) is 0 Å². The maximum absolute atomic E-state index is 12.9.